The SMILES string of the molecule is O=C(NC1CC(=O)N(C2CC2)C1)c1cc2ccccc2oc1=O. The molecule has 1 aliphatic carbocycles. The molecule has 1 saturated heterocycles. The number of nitrogens with one attached hydrogen (secondary N) is 1. The highest BCUT2D eigenvalue weighted by atomic mass is 16.4. The van der Waals surface area contributed by atoms with Crippen LogP contribution in [-0.4, -0.2) is 35.3 Å². The molecule has 0 radical (unpaired) electrons. The van der Waals surface area contributed by atoms with Crippen LogP contribution in [0.2, 0.25) is 0 Å². The smallest absolute Gasteiger partial charge is 0.349 e. The van der Waals surface area contributed by atoms with Crippen molar-refractivity contribution in [2.75, 3.05) is 6.54 Å². The molecule has 1 aromatic carbocycles. The van der Waals surface area contributed by atoms with Crippen LogP contribution in [0, 0.1) is 0 Å². The van der Waals surface area contributed by atoms with Gasteiger partial charge in [-0.15, -0.1) is 0 Å². The fraction of sp³-hybridized carbons (Fsp3) is 0.353. The first-order chi connectivity index (χ1) is 11.1. The van der Waals surface area contributed by atoms with Crippen molar-refractivity contribution in [3.8, 4) is 0 Å². The molecule has 2 amide bonds. The van der Waals surface area contributed by atoms with Gasteiger partial charge in [0.1, 0.15) is 11.1 Å². The Hall–Kier alpha value is -2.63. The number of hydrogen-bond donors (Lipinski definition) is 1. The van der Waals surface area contributed by atoms with E-state index in [0.717, 1.165) is 12.8 Å². The fourth-order valence-electron chi connectivity index (χ4n) is 3.05. The Morgan fingerprint density at radius 1 is 1.22 bits per heavy atom. The predicted octanol–water partition coefficient (Wildman–Crippen LogP) is 1.29. The minimum absolute atomic E-state index is 0.0268. The average Bonchev–Trinajstić information content (AvgIpc) is 3.30. The second-order valence-electron chi connectivity index (χ2n) is 6.14. The summed E-state index contributed by atoms with van der Waals surface area (Å²) in [6.07, 6.45) is 2.38. The normalized spacial score (nSPS) is 21.0. The summed E-state index contributed by atoms with van der Waals surface area (Å²) in [4.78, 5) is 38.1. The van der Waals surface area contributed by atoms with Crippen molar-refractivity contribution in [2.24, 2.45) is 0 Å². The van der Waals surface area contributed by atoms with E-state index >= 15 is 0 Å². The maximum atomic E-state index is 12.4. The molecule has 1 saturated carbocycles. The zero-order valence-corrected chi connectivity index (χ0v) is 12.5. The fourth-order valence-corrected chi connectivity index (χ4v) is 3.05. The number of hydrogen-bond acceptors (Lipinski definition) is 4. The maximum absolute atomic E-state index is 12.4. The van der Waals surface area contributed by atoms with Gasteiger partial charge in [0.15, 0.2) is 0 Å². The molecule has 2 aliphatic rings. The lowest BCUT2D eigenvalue weighted by atomic mass is 10.1. The van der Waals surface area contributed by atoms with Gasteiger partial charge in [-0.2, -0.15) is 0 Å². The second-order valence-corrected chi connectivity index (χ2v) is 6.14. The molecule has 1 aromatic heterocycles. The van der Waals surface area contributed by atoms with Gasteiger partial charge in [-0.1, -0.05) is 18.2 Å². The Morgan fingerprint density at radius 2 is 2.00 bits per heavy atom. The van der Waals surface area contributed by atoms with Crippen LogP contribution < -0.4 is 10.9 Å². The lowest BCUT2D eigenvalue weighted by Crippen LogP contribution is -2.39. The van der Waals surface area contributed by atoms with Gasteiger partial charge in [0.2, 0.25) is 5.91 Å². The summed E-state index contributed by atoms with van der Waals surface area (Å²) in [6.45, 7) is 0.522. The van der Waals surface area contributed by atoms with Gasteiger partial charge in [-0.05, 0) is 25.0 Å². The van der Waals surface area contributed by atoms with Gasteiger partial charge in [0.25, 0.3) is 5.91 Å². The van der Waals surface area contributed by atoms with Crippen molar-refractivity contribution in [1.29, 1.82) is 0 Å². The summed E-state index contributed by atoms with van der Waals surface area (Å²) in [7, 11) is 0. The second kappa shape index (κ2) is 5.22. The van der Waals surface area contributed by atoms with Crippen LogP contribution in [0.4, 0.5) is 0 Å². The van der Waals surface area contributed by atoms with E-state index in [-0.39, 0.29) is 17.5 Å². The summed E-state index contributed by atoms with van der Waals surface area (Å²) in [5, 5.41) is 3.48. The minimum atomic E-state index is -0.662. The highest BCUT2D eigenvalue weighted by Crippen LogP contribution is 2.30. The van der Waals surface area contributed by atoms with Crippen molar-refractivity contribution in [1.82, 2.24) is 10.2 Å². The van der Waals surface area contributed by atoms with Crippen molar-refractivity contribution in [3.05, 3.63) is 46.3 Å². The van der Waals surface area contributed by atoms with Gasteiger partial charge in [-0.25, -0.2) is 4.79 Å². The number of amides is 2. The number of carbonyl (C=O) groups excluding carboxylic acids is 2. The van der Waals surface area contributed by atoms with Crippen molar-refractivity contribution in [3.63, 3.8) is 0 Å². The molecule has 118 valence electrons. The molecule has 2 heterocycles. The zero-order chi connectivity index (χ0) is 16.0. The third-order valence-corrected chi connectivity index (χ3v) is 4.37. The first-order valence-electron chi connectivity index (χ1n) is 7.75. The number of benzene rings is 1. The molecule has 1 unspecified atom stereocenters. The Balaban J connectivity index is 1.54. The molecule has 6 nitrogen and oxygen atoms in total. The van der Waals surface area contributed by atoms with Crippen LogP contribution >= 0.6 is 0 Å². The van der Waals surface area contributed by atoms with Crippen molar-refractivity contribution < 1.29 is 14.0 Å². The van der Waals surface area contributed by atoms with E-state index in [1.807, 2.05) is 11.0 Å². The summed E-state index contributed by atoms with van der Waals surface area (Å²) in [5.41, 5.74) is -0.240. The van der Waals surface area contributed by atoms with Gasteiger partial charge < -0.3 is 14.6 Å². The third kappa shape index (κ3) is 2.60. The van der Waals surface area contributed by atoms with E-state index in [1.54, 1.807) is 18.2 Å². The van der Waals surface area contributed by atoms with Crippen LogP contribution in [0.15, 0.2) is 39.5 Å². The Bertz CT molecular complexity index is 853. The Kier molecular flexibility index (Phi) is 3.18. The van der Waals surface area contributed by atoms with Crippen molar-refractivity contribution >= 4 is 22.8 Å². The Labute approximate surface area is 132 Å². The summed E-state index contributed by atoms with van der Waals surface area (Å²) < 4.78 is 5.18. The monoisotopic (exact) mass is 312 g/mol. The third-order valence-electron chi connectivity index (χ3n) is 4.37. The first kappa shape index (κ1) is 14.0. The van der Waals surface area contributed by atoms with E-state index < -0.39 is 11.5 Å². The van der Waals surface area contributed by atoms with E-state index in [4.69, 9.17) is 4.42 Å². The highest BCUT2D eigenvalue weighted by Gasteiger charge is 2.39. The molecule has 1 atom stereocenters. The van der Waals surface area contributed by atoms with Crippen molar-refractivity contribution in [2.45, 2.75) is 31.3 Å². The highest BCUT2D eigenvalue weighted by molar-refractivity contribution is 5.97. The largest absolute Gasteiger partial charge is 0.422 e. The molecule has 4 rings (SSSR count). The quantitative estimate of drug-likeness (QED) is 0.866. The number of likely N-dealkylation sites (tertiary alicyclic amines) is 1. The maximum Gasteiger partial charge on any atom is 0.349 e. The molecule has 2 aromatic rings. The number of carbonyl (C=O) groups is 2. The van der Waals surface area contributed by atoms with Crippen LogP contribution in [-0.2, 0) is 4.79 Å². The van der Waals surface area contributed by atoms with Gasteiger partial charge in [-0.3, -0.25) is 9.59 Å². The van der Waals surface area contributed by atoms with E-state index in [0.29, 0.717) is 30.0 Å². The minimum Gasteiger partial charge on any atom is -0.422 e. The van der Waals surface area contributed by atoms with E-state index in [1.165, 1.54) is 6.07 Å². The summed E-state index contributed by atoms with van der Waals surface area (Å²) >= 11 is 0. The molecular formula is C17H16N2O4. The Morgan fingerprint density at radius 3 is 2.78 bits per heavy atom. The zero-order valence-electron chi connectivity index (χ0n) is 12.5. The first-order valence-corrected chi connectivity index (χ1v) is 7.75. The number of para-hydroxylation sites is 1. The molecule has 1 aliphatic heterocycles. The molecule has 1 N–H and O–H groups in total. The van der Waals surface area contributed by atoms with E-state index in [2.05, 4.69) is 5.32 Å². The predicted molar refractivity (Wildman–Crippen MR) is 83.1 cm³/mol. The summed E-state index contributed by atoms with van der Waals surface area (Å²) in [6, 6.07) is 8.67. The van der Waals surface area contributed by atoms with Gasteiger partial charge >= 0.3 is 5.63 Å². The van der Waals surface area contributed by atoms with Crippen LogP contribution in [0.25, 0.3) is 11.0 Å². The standard InChI is InChI=1S/C17H16N2O4/c20-15-8-11(9-19(15)12-5-6-12)18-16(21)13-7-10-3-1-2-4-14(10)23-17(13)22/h1-4,7,11-12H,5-6,8-9H2,(H,18,21). The topological polar surface area (TPSA) is 79.6 Å². The summed E-state index contributed by atoms with van der Waals surface area (Å²) in [5.74, 6) is -0.414. The number of nitrogens with zero attached hydrogens (tertiary/aromatic N) is 1. The number of fused-ring (bicyclic) bond motifs is 1. The van der Waals surface area contributed by atoms with Crippen LogP contribution in [0.1, 0.15) is 29.6 Å². The van der Waals surface area contributed by atoms with Gasteiger partial charge in [0, 0.05) is 24.4 Å². The average molecular weight is 312 g/mol. The molecular weight excluding hydrogens is 296 g/mol. The van der Waals surface area contributed by atoms with Gasteiger partial charge in [0.05, 0.1) is 6.04 Å². The molecule has 0 bridgehead atoms. The lowest BCUT2D eigenvalue weighted by molar-refractivity contribution is -0.128. The number of rotatable bonds is 3. The molecule has 6 heteroatoms. The van der Waals surface area contributed by atoms with E-state index in [9.17, 15) is 14.4 Å². The molecule has 0 spiro atoms. The van der Waals surface area contributed by atoms with Crippen LogP contribution in [0.3, 0.4) is 0 Å². The van der Waals surface area contributed by atoms with Crippen LogP contribution in [0.5, 0.6) is 0 Å². The molecule has 2 fully saturated rings. The lowest BCUT2D eigenvalue weighted by Gasteiger charge is -2.16. The molecule has 23 heavy (non-hydrogen) atoms.